The highest BCUT2D eigenvalue weighted by molar-refractivity contribution is 5.69. The molecule has 0 heterocycles. The van der Waals surface area contributed by atoms with Crippen LogP contribution in [0.1, 0.15) is 39.0 Å². The van der Waals surface area contributed by atoms with Crippen molar-refractivity contribution in [2.24, 2.45) is 11.7 Å². The average Bonchev–Trinajstić information content (AvgIpc) is 2.48. The lowest BCUT2D eigenvalue weighted by atomic mass is 9.98. The number of esters is 1. The molecule has 0 amide bonds. The fourth-order valence-corrected chi connectivity index (χ4v) is 1.96. The summed E-state index contributed by atoms with van der Waals surface area (Å²) < 4.78 is 4.86. The lowest BCUT2D eigenvalue weighted by molar-refractivity contribution is -0.143. The lowest BCUT2D eigenvalue weighted by Gasteiger charge is -2.13. The Labute approximate surface area is 79.6 Å². The monoisotopic (exact) mass is 185 g/mol. The van der Waals surface area contributed by atoms with Crippen LogP contribution < -0.4 is 5.73 Å². The van der Waals surface area contributed by atoms with E-state index in [0.29, 0.717) is 25.0 Å². The van der Waals surface area contributed by atoms with Gasteiger partial charge in [-0.3, -0.25) is 4.79 Å². The van der Waals surface area contributed by atoms with E-state index in [1.54, 1.807) is 0 Å². The van der Waals surface area contributed by atoms with Crippen LogP contribution >= 0.6 is 0 Å². The molecule has 1 aliphatic carbocycles. The molecule has 76 valence electrons. The third-order valence-corrected chi connectivity index (χ3v) is 2.74. The molecule has 1 saturated carbocycles. The van der Waals surface area contributed by atoms with Gasteiger partial charge in [-0.1, -0.05) is 6.42 Å². The predicted octanol–water partition coefficient (Wildman–Crippen LogP) is 1.46. The Morgan fingerprint density at radius 3 is 2.85 bits per heavy atom. The fourth-order valence-electron chi connectivity index (χ4n) is 1.96. The molecule has 2 atom stereocenters. The molecule has 0 aromatic carbocycles. The van der Waals surface area contributed by atoms with Gasteiger partial charge >= 0.3 is 5.97 Å². The van der Waals surface area contributed by atoms with Crippen molar-refractivity contribution in [2.45, 2.75) is 45.1 Å². The molecule has 3 heteroatoms. The third-order valence-electron chi connectivity index (χ3n) is 2.74. The second-order valence-electron chi connectivity index (χ2n) is 3.70. The van der Waals surface area contributed by atoms with Gasteiger partial charge < -0.3 is 10.5 Å². The van der Waals surface area contributed by atoms with Crippen molar-refractivity contribution in [1.29, 1.82) is 0 Å². The maximum atomic E-state index is 11.0. The summed E-state index contributed by atoms with van der Waals surface area (Å²) in [5.74, 6) is 0.464. The molecule has 13 heavy (non-hydrogen) atoms. The minimum absolute atomic E-state index is 0.0819. The van der Waals surface area contributed by atoms with Crippen molar-refractivity contribution in [3.8, 4) is 0 Å². The van der Waals surface area contributed by atoms with Crippen molar-refractivity contribution >= 4 is 5.97 Å². The molecule has 1 aliphatic rings. The molecule has 2 N–H and O–H groups in total. The Morgan fingerprint density at radius 1 is 1.54 bits per heavy atom. The molecule has 1 fully saturated rings. The topological polar surface area (TPSA) is 52.3 Å². The minimum atomic E-state index is -0.0819. The summed E-state index contributed by atoms with van der Waals surface area (Å²) in [5, 5.41) is 0. The van der Waals surface area contributed by atoms with Gasteiger partial charge in [0.05, 0.1) is 6.61 Å². The Balaban J connectivity index is 2.14. The van der Waals surface area contributed by atoms with E-state index in [1.807, 2.05) is 6.92 Å². The zero-order chi connectivity index (χ0) is 9.68. The molecule has 0 bridgehead atoms. The molecule has 0 radical (unpaired) electrons. The van der Waals surface area contributed by atoms with Crippen molar-refractivity contribution in [3.63, 3.8) is 0 Å². The molecule has 3 nitrogen and oxygen atoms in total. The van der Waals surface area contributed by atoms with Crippen LogP contribution in [0, 0.1) is 5.92 Å². The Hall–Kier alpha value is -0.570. The summed E-state index contributed by atoms with van der Waals surface area (Å²) in [4.78, 5) is 11.0. The zero-order valence-electron chi connectivity index (χ0n) is 8.29. The molecule has 0 aromatic rings. The average molecular weight is 185 g/mol. The molecular formula is C10H19NO2. The largest absolute Gasteiger partial charge is 0.466 e. The van der Waals surface area contributed by atoms with Gasteiger partial charge in [-0.05, 0) is 32.1 Å². The molecule has 0 aliphatic heterocycles. The number of rotatable bonds is 4. The van der Waals surface area contributed by atoms with Crippen LogP contribution in [0.5, 0.6) is 0 Å². The van der Waals surface area contributed by atoms with Crippen LogP contribution in [0.3, 0.4) is 0 Å². The van der Waals surface area contributed by atoms with E-state index in [9.17, 15) is 4.79 Å². The highest BCUT2D eigenvalue weighted by atomic mass is 16.5. The first-order valence-corrected chi connectivity index (χ1v) is 5.15. The summed E-state index contributed by atoms with van der Waals surface area (Å²) in [5.41, 5.74) is 5.89. The quantitative estimate of drug-likeness (QED) is 0.674. The van der Waals surface area contributed by atoms with Crippen LogP contribution in [0.25, 0.3) is 0 Å². The normalized spacial score (nSPS) is 27.5. The van der Waals surface area contributed by atoms with E-state index in [2.05, 4.69) is 0 Å². The van der Waals surface area contributed by atoms with Crippen molar-refractivity contribution in [2.75, 3.05) is 6.61 Å². The van der Waals surface area contributed by atoms with Crippen molar-refractivity contribution in [1.82, 2.24) is 0 Å². The lowest BCUT2D eigenvalue weighted by Crippen LogP contribution is -2.25. The van der Waals surface area contributed by atoms with E-state index >= 15 is 0 Å². The second-order valence-corrected chi connectivity index (χ2v) is 3.70. The fraction of sp³-hybridized carbons (Fsp3) is 0.900. The van der Waals surface area contributed by atoms with Gasteiger partial charge in [0.2, 0.25) is 0 Å². The summed E-state index contributed by atoms with van der Waals surface area (Å²) >= 11 is 0. The van der Waals surface area contributed by atoms with Crippen LogP contribution in [0.2, 0.25) is 0 Å². The van der Waals surface area contributed by atoms with Crippen molar-refractivity contribution in [3.05, 3.63) is 0 Å². The van der Waals surface area contributed by atoms with Crippen LogP contribution in [-0.4, -0.2) is 18.6 Å². The van der Waals surface area contributed by atoms with E-state index in [4.69, 9.17) is 10.5 Å². The van der Waals surface area contributed by atoms with E-state index in [1.165, 1.54) is 12.8 Å². The highest BCUT2D eigenvalue weighted by Gasteiger charge is 2.24. The first kappa shape index (κ1) is 10.5. The van der Waals surface area contributed by atoms with Crippen LogP contribution in [0.15, 0.2) is 0 Å². The number of hydrogen-bond acceptors (Lipinski definition) is 3. The smallest absolute Gasteiger partial charge is 0.305 e. The number of ether oxygens (including phenoxy) is 1. The van der Waals surface area contributed by atoms with Gasteiger partial charge in [0, 0.05) is 12.5 Å². The van der Waals surface area contributed by atoms with Gasteiger partial charge in [-0.15, -0.1) is 0 Å². The first-order chi connectivity index (χ1) is 6.24. The van der Waals surface area contributed by atoms with Gasteiger partial charge in [-0.2, -0.15) is 0 Å². The molecule has 0 saturated heterocycles. The standard InChI is InChI=1S/C10H19NO2/c1-2-13-10(12)7-6-8-4-3-5-9(8)11/h8-9H,2-7,11H2,1H3. The van der Waals surface area contributed by atoms with Crippen molar-refractivity contribution < 1.29 is 9.53 Å². The zero-order valence-corrected chi connectivity index (χ0v) is 8.29. The highest BCUT2D eigenvalue weighted by Crippen LogP contribution is 2.27. The van der Waals surface area contributed by atoms with Gasteiger partial charge in [0.15, 0.2) is 0 Å². The maximum Gasteiger partial charge on any atom is 0.305 e. The number of carbonyl (C=O) groups excluding carboxylic acids is 1. The molecule has 0 aromatic heterocycles. The van der Waals surface area contributed by atoms with E-state index in [-0.39, 0.29) is 5.97 Å². The third kappa shape index (κ3) is 3.35. The van der Waals surface area contributed by atoms with Crippen LogP contribution in [-0.2, 0) is 9.53 Å². The van der Waals surface area contributed by atoms with Gasteiger partial charge in [-0.25, -0.2) is 0 Å². The Kier molecular flexibility index (Phi) is 4.22. The number of nitrogens with two attached hydrogens (primary N) is 1. The maximum absolute atomic E-state index is 11.0. The summed E-state index contributed by atoms with van der Waals surface area (Å²) in [6.07, 6.45) is 4.95. The van der Waals surface area contributed by atoms with Crippen LogP contribution in [0.4, 0.5) is 0 Å². The Bertz CT molecular complexity index is 170. The SMILES string of the molecule is CCOC(=O)CCC1CCCC1N. The summed E-state index contributed by atoms with van der Waals surface area (Å²) in [7, 11) is 0. The van der Waals surface area contributed by atoms with Gasteiger partial charge in [0.25, 0.3) is 0 Å². The number of hydrogen-bond donors (Lipinski definition) is 1. The van der Waals surface area contributed by atoms with E-state index < -0.39 is 0 Å². The molecule has 2 unspecified atom stereocenters. The summed E-state index contributed by atoms with van der Waals surface area (Å²) in [6, 6.07) is 0.314. The minimum Gasteiger partial charge on any atom is -0.466 e. The first-order valence-electron chi connectivity index (χ1n) is 5.15. The molecular weight excluding hydrogens is 166 g/mol. The second kappa shape index (κ2) is 5.22. The predicted molar refractivity (Wildman–Crippen MR) is 51.2 cm³/mol. The summed E-state index contributed by atoms with van der Waals surface area (Å²) in [6.45, 7) is 2.31. The molecule has 0 spiro atoms. The molecule has 1 rings (SSSR count). The number of carbonyl (C=O) groups is 1. The van der Waals surface area contributed by atoms with E-state index in [0.717, 1.165) is 12.8 Å². The Morgan fingerprint density at radius 2 is 2.31 bits per heavy atom. The van der Waals surface area contributed by atoms with Gasteiger partial charge in [0.1, 0.15) is 0 Å².